The van der Waals surface area contributed by atoms with Crippen molar-refractivity contribution in [3.05, 3.63) is 16.9 Å². The third-order valence-electron chi connectivity index (χ3n) is 3.31. The van der Waals surface area contributed by atoms with Gasteiger partial charge in [-0.2, -0.15) is 0 Å². The van der Waals surface area contributed by atoms with Crippen LogP contribution in [-0.4, -0.2) is 49.1 Å². The molecule has 0 bridgehead atoms. The van der Waals surface area contributed by atoms with Gasteiger partial charge in [0.05, 0.1) is 16.0 Å². The summed E-state index contributed by atoms with van der Waals surface area (Å²) in [7, 11) is -1.41. The zero-order chi connectivity index (χ0) is 17.2. The molecule has 1 saturated heterocycles. The third kappa shape index (κ3) is 5.14. The molecule has 1 aromatic heterocycles. The zero-order valence-electron chi connectivity index (χ0n) is 13.8. The number of ether oxygens (including phenoxy) is 1. The molecule has 0 saturated carbocycles. The number of piperidine rings is 1. The number of aryl methyl sites for hydroxylation is 1. The first kappa shape index (κ1) is 18.1. The Balaban J connectivity index is 2.08. The maximum Gasteiger partial charge on any atom is 0.410 e. The van der Waals surface area contributed by atoms with Crippen LogP contribution in [0.1, 0.15) is 39.3 Å². The van der Waals surface area contributed by atoms with Crippen LogP contribution < -0.4 is 0 Å². The first-order valence-corrected chi connectivity index (χ1v) is 9.14. The largest absolute Gasteiger partial charge is 0.444 e. The van der Waals surface area contributed by atoms with Crippen molar-refractivity contribution in [3.63, 3.8) is 0 Å². The molecule has 2 atom stereocenters. The Labute approximate surface area is 144 Å². The number of hydrogen-bond acceptors (Lipinski definition) is 5. The summed E-state index contributed by atoms with van der Waals surface area (Å²) in [6.45, 7) is 8.24. The normalized spacial score (nSPS) is 20.2. The van der Waals surface area contributed by atoms with Gasteiger partial charge < -0.3 is 9.64 Å². The number of carbonyl (C=O) groups excluding carboxylic acids is 1. The average molecular weight is 360 g/mol. The predicted molar refractivity (Wildman–Crippen MR) is 89.0 cm³/mol. The van der Waals surface area contributed by atoms with E-state index in [-0.39, 0.29) is 21.7 Å². The number of rotatable bonds is 2. The second kappa shape index (κ2) is 7.13. The maximum atomic E-state index is 12.7. The van der Waals surface area contributed by atoms with E-state index in [0.29, 0.717) is 18.8 Å². The number of amides is 1. The van der Waals surface area contributed by atoms with E-state index in [1.165, 1.54) is 0 Å². The smallest absolute Gasteiger partial charge is 0.410 e. The van der Waals surface area contributed by atoms with Crippen molar-refractivity contribution in [1.82, 2.24) is 14.9 Å². The van der Waals surface area contributed by atoms with E-state index >= 15 is 0 Å². The molecule has 6 nitrogen and oxygen atoms in total. The highest BCUT2D eigenvalue weighted by molar-refractivity contribution is 7.85. The molecular weight excluding hydrogens is 338 g/mol. The minimum Gasteiger partial charge on any atom is -0.444 e. The van der Waals surface area contributed by atoms with Gasteiger partial charge >= 0.3 is 6.09 Å². The van der Waals surface area contributed by atoms with Crippen molar-refractivity contribution in [1.29, 1.82) is 0 Å². The summed E-state index contributed by atoms with van der Waals surface area (Å²) in [4.78, 5) is 22.1. The summed E-state index contributed by atoms with van der Waals surface area (Å²) in [5.74, 6) is 0. The van der Waals surface area contributed by atoms with Crippen LogP contribution >= 0.6 is 11.6 Å². The van der Waals surface area contributed by atoms with Crippen LogP contribution in [0.4, 0.5) is 4.79 Å². The van der Waals surface area contributed by atoms with Gasteiger partial charge in [-0.15, -0.1) is 0 Å². The van der Waals surface area contributed by atoms with Gasteiger partial charge in [0, 0.05) is 18.8 Å². The van der Waals surface area contributed by atoms with Crippen LogP contribution in [0.15, 0.2) is 11.2 Å². The molecule has 1 aliphatic rings. The summed E-state index contributed by atoms with van der Waals surface area (Å²) < 4.78 is 18.1. The molecule has 23 heavy (non-hydrogen) atoms. The zero-order valence-corrected chi connectivity index (χ0v) is 15.4. The molecular formula is C15H22ClN3O3S. The lowest BCUT2D eigenvalue weighted by Gasteiger charge is -2.33. The summed E-state index contributed by atoms with van der Waals surface area (Å²) in [6, 6.07) is 1.62. The molecule has 0 unspecified atom stereocenters. The molecule has 1 aromatic rings. The standard InChI is InChI=1S/C15H22ClN3O3S/c1-10-8-12(16)18-13(17-10)23(21)11-6-5-7-19(9-11)14(20)22-15(2,3)4/h8,11H,5-7,9H2,1-4H3/t11-,23-/m0/s1. The highest BCUT2D eigenvalue weighted by Gasteiger charge is 2.32. The molecule has 2 rings (SSSR count). The highest BCUT2D eigenvalue weighted by Crippen LogP contribution is 2.21. The Hall–Kier alpha value is -1.21. The van der Waals surface area contributed by atoms with Gasteiger partial charge in [0.1, 0.15) is 10.8 Å². The number of nitrogens with zero attached hydrogens (tertiary/aromatic N) is 3. The van der Waals surface area contributed by atoms with Crippen molar-refractivity contribution < 1.29 is 13.7 Å². The van der Waals surface area contributed by atoms with Crippen LogP contribution in [0, 0.1) is 6.92 Å². The van der Waals surface area contributed by atoms with Crippen molar-refractivity contribution in [2.45, 2.75) is 56.5 Å². The van der Waals surface area contributed by atoms with Crippen molar-refractivity contribution in [2.75, 3.05) is 13.1 Å². The summed E-state index contributed by atoms with van der Waals surface area (Å²) >= 11 is 5.91. The minimum absolute atomic E-state index is 0.214. The third-order valence-corrected chi connectivity index (χ3v) is 5.04. The quantitative estimate of drug-likeness (QED) is 0.599. The van der Waals surface area contributed by atoms with Crippen molar-refractivity contribution in [3.8, 4) is 0 Å². The van der Waals surface area contributed by atoms with Crippen LogP contribution in [0.25, 0.3) is 0 Å². The Morgan fingerprint density at radius 3 is 2.74 bits per heavy atom. The molecule has 1 fully saturated rings. The molecule has 0 spiro atoms. The van der Waals surface area contributed by atoms with E-state index in [2.05, 4.69) is 9.97 Å². The second-order valence-electron chi connectivity index (χ2n) is 6.60. The van der Waals surface area contributed by atoms with Gasteiger partial charge in [0.2, 0.25) is 5.16 Å². The van der Waals surface area contributed by atoms with E-state index in [1.807, 2.05) is 20.8 Å². The number of aromatic nitrogens is 2. The molecule has 0 N–H and O–H groups in total. The molecule has 0 aromatic carbocycles. The molecule has 1 aliphatic heterocycles. The van der Waals surface area contributed by atoms with Crippen LogP contribution in [-0.2, 0) is 15.5 Å². The van der Waals surface area contributed by atoms with E-state index in [1.54, 1.807) is 17.9 Å². The Kier molecular flexibility index (Phi) is 5.62. The minimum atomic E-state index is -1.41. The molecule has 8 heteroatoms. The van der Waals surface area contributed by atoms with E-state index < -0.39 is 16.4 Å². The lowest BCUT2D eigenvalue weighted by molar-refractivity contribution is 0.0219. The molecule has 1 amide bonds. The van der Waals surface area contributed by atoms with E-state index in [0.717, 1.165) is 12.8 Å². The predicted octanol–water partition coefficient (Wildman–Crippen LogP) is 2.95. The monoisotopic (exact) mass is 359 g/mol. The lowest BCUT2D eigenvalue weighted by atomic mass is 10.1. The molecule has 0 radical (unpaired) electrons. The molecule has 2 heterocycles. The van der Waals surface area contributed by atoms with Gasteiger partial charge in [-0.25, -0.2) is 14.8 Å². The Bertz CT molecular complexity index is 598. The van der Waals surface area contributed by atoms with Gasteiger partial charge in [0.25, 0.3) is 0 Å². The van der Waals surface area contributed by atoms with Crippen LogP contribution in [0.3, 0.4) is 0 Å². The van der Waals surface area contributed by atoms with Gasteiger partial charge in [0.15, 0.2) is 0 Å². The highest BCUT2D eigenvalue weighted by atomic mass is 35.5. The van der Waals surface area contributed by atoms with Crippen molar-refractivity contribution >= 4 is 28.5 Å². The number of hydrogen-bond donors (Lipinski definition) is 0. The maximum absolute atomic E-state index is 12.7. The van der Waals surface area contributed by atoms with E-state index in [9.17, 15) is 9.00 Å². The Morgan fingerprint density at radius 1 is 1.43 bits per heavy atom. The van der Waals surface area contributed by atoms with Gasteiger partial charge in [-0.3, -0.25) is 4.21 Å². The van der Waals surface area contributed by atoms with Gasteiger partial charge in [-0.05, 0) is 46.6 Å². The number of halogens is 1. The lowest BCUT2D eigenvalue weighted by Crippen LogP contribution is -2.46. The number of likely N-dealkylation sites (tertiary alicyclic amines) is 1. The van der Waals surface area contributed by atoms with Gasteiger partial charge in [-0.1, -0.05) is 11.6 Å². The second-order valence-corrected chi connectivity index (χ2v) is 8.62. The van der Waals surface area contributed by atoms with E-state index in [4.69, 9.17) is 16.3 Å². The average Bonchev–Trinajstić information content (AvgIpc) is 2.44. The number of carbonyl (C=O) groups is 1. The summed E-state index contributed by atoms with van der Waals surface area (Å²) in [5, 5.41) is 0.292. The first-order valence-electron chi connectivity index (χ1n) is 7.55. The first-order chi connectivity index (χ1) is 10.7. The summed E-state index contributed by atoms with van der Waals surface area (Å²) in [5.41, 5.74) is 0.129. The van der Waals surface area contributed by atoms with Crippen LogP contribution in [0.2, 0.25) is 5.15 Å². The Morgan fingerprint density at radius 2 is 2.13 bits per heavy atom. The SMILES string of the molecule is Cc1cc(Cl)nc([S@@](=O)[C@H]2CCCN(C(=O)OC(C)(C)C)C2)n1. The fourth-order valence-electron chi connectivity index (χ4n) is 2.35. The fourth-order valence-corrected chi connectivity index (χ4v) is 4.05. The summed E-state index contributed by atoms with van der Waals surface area (Å²) in [6.07, 6.45) is 1.15. The van der Waals surface area contributed by atoms with Crippen LogP contribution in [0.5, 0.6) is 0 Å². The molecule has 128 valence electrons. The molecule has 0 aliphatic carbocycles. The fraction of sp³-hybridized carbons (Fsp3) is 0.667. The topological polar surface area (TPSA) is 72.4 Å². The van der Waals surface area contributed by atoms with Crippen molar-refractivity contribution in [2.24, 2.45) is 0 Å².